The summed E-state index contributed by atoms with van der Waals surface area (Å²) in [5, 5.41) is 10.5. The third kappa shape index (κ3) is 5.03. The van der Waals surface area contributed by atoms with Gasteiger partial charge in [0.25, 0.3) is 0 Å². The van der Waals surface area contributed by atoms with Crippen LogP contribution in [-0.4, -0.2) is 17.2 Å². The summed E-state index contributed by atoms with van der Waals surface area (Å²) in [7, 11) is -2.93. The van der Waals surface area contributed by atoms with E-state index in [9.17, 15) is 0 Å². The minimum Gasteiger partial charge on any atom is -0.307 e. The predicted octanol–water partition coefficient (Wildman–Crippen LogP) is 10.9. The highest BCUT2D eigenvalue weighted by Gasteiger charge is 2.43. The third-order valence-electron chi connectivity index (χ3n) is 11.9. The van der Waals surface area contributed by atoms with Crippen molar-refractivity contribution in [1.82, 2.24) is 9.13 Å². The summed E-state index contributed by atoms with van der Waals surface area (Å²) in [6.07, 6.45) is 0. The molecule has 0 atom stereocenters. The van der Waals surface area contributed by atoms with Crippen LogP contribution in [0.3, 0.4) is 0 Å². The Balaban J connectivity index is 1.37. The minimum atomic E-state index is -2.93. The lowest BCUT2D eigenvalue weighted by Gasteiger charge is -2.35. The van der Waals surface area contributed by atoms with Gasteiger partial charge < -0.3 is 9.13 Å². The molecule has 0 aliphatic heterocycles. The van der Waals surface area contributed by atoms with Crippen LogP contribution < -0.4 is 20.7 Å². The summed E-state index contributed by atoms with van der Waals surface area (Å²) >= 11 is 0. The molecule has 11 rings (SSSR count). The quantitative estimate of drug-likeness (QED) is 0.114. The molecule has 2 heterocycles. The number of rotatable bonds is 7. The van der Waals surface area contributed by atoms with E-state index in [-0.39, 0.29) is 0 Å². The van der Waals surface area contributed by atoms with Crippen molar-refractivity contribution in [3.05, 3.63) is 231 Å². The van der Waals surface area contributed by atoms with Crippen molar-refractivity contribution < 1.29 is 0 Å². The average molecular weight is 743 g/mol. The number of para-hydroxylation sites is 4. The molecule has 3 heteroatoms. The van der Waals surface area contributed by atoms with Crippen LogP contribution in [0, 0.1) is 0 Å². The molecule has 0 fully saturated rings. The van der Waals surface area contributed by atoms with E-state index >= 15 is 0 Å². The summed E-state index contributed by atoms with van der Waals surface area (Å²) < 4.78 is 5.04. The third-order valence-corrected chi connectivity index (χ3v) is 16.7. The summed E-state index contributed by atoms with van der Waals surface area (Å²) in [6, 6.07) is 85.3. The van der Waals surface area contributed by atoms with Gasteiger partial charge in [0.05, 0.1) is 27.8 Å². The average Bonchev–Trinajstić information content (AvgIpc) is 3.82. The second kappa shape index (κ2) is 13.5. The van der Waals surface area contributed by atoms with E-state index in [4.69, 9.17) is 0 Å². The Bertz CT molecular complexity index is 3110. The molecule has 9 aromatic carbocycles. The fourth-order valence-corrected chi connectivity index (χ4v) is 14.6. The molecule has 0 saturated carbocycles. The number of hydrogen-bond donors (Lipinski definition) is 0. The number of benzene rings is 9. The first kappa shape index (κ1) is 33.2. The lowest BCUT2D eigenvalue weighted by Crippen LogP contribution is -2.74. The van der Waals surface area contributed by atoms with Gasteiger partial charge in [0.2, 0.25) is 0 Å². The summed E-state index contributed by atoms with van der Waals surface area (Å²) in [4.78, 5) is 0. The highest BCUT2D eigenvalue weighted by Crippen LogP contribution is 2.42. The maximum Gasteiger partial charge on any atom is 0.180 e. The van der Waals surface area contributed by atoms with Gasteiger partial charge in [0, 0.05) is 32.8 Å². The first-order valence-corrected chi connectivity index (χ1v) is 21.7. The van der Waals surface area contributed by atoms with Crippen LogP contribution in [-0.2, 0) is 0 Å². The maximum atomic E-state index is 2.58. The molecule has 0 aliphatic rings. The van der Waals surface area contributed by atoms with E-state index in [0.29, 0.717) is 0 Å². The number of fused-ring (bicyclic) bond motifs is 6. The zero-order valence-electron chi connectivity index (χ0n) is 31.3. The van der Waals surface area contributed by atoms with E-state index in [1.54, 1.807) is 0 Å². The Hall–Kier alpha value is -7.20. The van der Waals surface area contributed by atoms with Crippen LogP contribution in [0.1, 0.15) is 0 Å². The highest BCUT2D eigenvalue weighted by atomic mass is 28.3. The van der Waals surface area contributed by atoms with Crippen molar-refractivity contribution >= 4 is 72.4 Å². The minimum absolute atomic E-state index is 1.14. The fourth-order valence-electron chi connectivity index (χ4n) is 9.59. The topological polar surface area (TPSA) is 9.86 Å². The Morgan fingerprint density at radius 3 is 1.46 bits per heavy atom. The molecule has 0 spiro atoms. The zero-order valence-corrected chi connectivity index (χ0v) is 32.3. The van der Waals surface area contributed by atoms with E-state index in [1.165, 1.54) is 75.5 Å². The van der Waals surface area contributed by atoms with Gasteiger partial charge in [-0.25, -0.2) is 0 Å². The Kier molecular flexibility index (Phi) is 7.87. The molecule has 0 radical (unpaired) electrons. The van der Waals surface area contributed by atoms with Gasteiger partial charge in [-0.1, -0.05) is 200 Å². The molecule has 2 aromatic heterocycles. The van der Waals surface area contributed by atoms with Gasteiger partial charge in [0.15, 0.2) is 8.07 Å². The standard InChI is InChI=1S/C54H38N2Si/c1-6-21-39(22-7-1)44-32-18-34-47-52-49(36-20-38-51(52)57(41-25-10-3-11-26-41,42-27-12-4-13-28-42)43-29-14-5-15-30-43)56(53(44)47)50-37-19-33-46-45-31-16-17-35-48(45)55(54(46)50)40-23-8-2-9-24-40/h1-38H. The highest BCUT2D eigenvalue weighted by molar-refractivity contribution is 7.20. The van der Waals surface area contributed by atoms with Crippen LogP contribution in [0.25, 0.3) is 66.1 Å². The van der Waals surface area contributed by atoms with Crippen molar-refractivity contribution in [1.29, 1.82) is 0 Å². The number of aromatic nitrogens is 2. The van der Waals surface area contributed by atoms with Crippen LogP contribution in [0.4, 0.5) is 0 Å². The first-order valence-electron chi connectivity index (χ1n) is 19.7. The summed E-state index contributed by atoms with van der Waals surface area (Å²) in [5.74, 6) is 0. The predicted molar refractivity (Wildman–Crippen MR) is 244 cm³/mol. The molecule has 11 aromatic rings. The Morgan fingerprint density at radius 1 is 0.316 bits per heavy atom. The van der Waals surface area contributed by atoms with Gasteiger partial charge in [0.1, 0.15) is 0 Å². The largest absolute Gasteiger partial charge is 0.307 e. The molecule has 0 bridgehead atoms. The van der Waals surface area contributed by atoms with Crippen molar-refractivity contribution in [3.63, 3.8) is 0 Å². The molecule has 0 N–H and O–H groups in total. The smallest absolute Gasteiger partial charge is 0.180 e. The lowest BCUT2D eigenvalue weighted by atomic mass is 10.0. The van der Waals surface area contributed by atoms with E-state index in [2.05, 4.69) is 240 Å². The molecule has 0 saturated heterocycles. The second-order valence-corrected chi connectivity index (χ2v) is 18.6. The SMILES string of the molecule is c1ccc(-c2cccc3c4c([Si](c5ccccc5)(c5ccccc5)c5ccccc5)cccc4n(-c4cccc5c6ccccc6n(-c6ccccc6)c45)c23)cc1. The van der Waals surface area contributed by atoms with Gasteiger partial charge in [-0.3, -0.25) is 0 Å². The van der Waals surface area contributed by atoms with Gasteiger partial charge >= 0.3 is 0 Å². The first-order chi connectivity index (χ1) is 28.3. The molecule has 0 unspecified atom stereocenters. The zero-order chi connectivity index (χ0) is 37.8. The molecule has 2 nitrogen and oxygen atoms in total. The number of nitrogens with zero attached hydrogens (tertiary/aromatic N) is 2. The maximum absolute atomic E-state index is 2.93. The van der Waals surface area contributed by atoms with Gasteiger partial charge in [-0.15, -0.1) is 0 Å². The van der Waals surface area contributed by atoms with Crippen LogP contribution in [0.5, 0.6) is 0 Å². The molecule has 0 amide bonds. The second-order valence-electron chi connectivity index (χ2n) is 14.8. The summed E-state index contributed by atoms with van der Waals surface area (Å²) in [6.45, 7) is 0. The van der Waals surface area contributed by atoms with E-state index in [1.807, 2.05) is 0 Å². The molecule has 268 valence electrons. The fraction of sp³-hybridized carbons (Fsp3) is 0. The Morgan fingerprint density at radius 2 is 0.807 bits per heavy atom. The van der Waals surface area contributed by atoms with Crippen LogP contribution >= 0.6 is 0 Å². The van der Waals surface area contributed by atoms with Crippen LogP contribution in [0.2, 0.25) is 0 Å². The summed E-state index contributed by atoms with van der Waals surface area (Å²) in [5.41, 5.74) is 9.49. The van der Waals surface area contributed by atoms with E-state index in [0.717, 1.165) is 11.4 Å². The molecule has 0 aliphatic carbocycles. The molecule has 57 heavy (non-hydrogen) atoms. The molecular weight excluding hydrogens is 705 g/mol. The normalized spacial score (nSPS) is 11.9. The van der Waals surface area contributed by atoms with Gasteiger partial charge in [-0.2, -0.15) is 0 Å². The van der Waals surface area contributed by atoms with E-state index < -0.39 is 8.07 Å². The van der Waals surface area contributed by atoms with Crippen LogP contribution in [0.15, 0.2) is 231 Å². The van der Waals surface area contributed by atoms with Crippen molar-refractivity contribution in [2.75, 3.05) is 0 Å². The number of hydrogen-bond acceptors (Lipinski definition) is 0. The van der Waals surface area contributed by atoms with Crippen molar-refractivity contribution in [3.8, 4) is 22.5 Å². The monoisotopic (exact) mass is 742 g/mol. The van der Waals surface area contributed by atoms with Gasteiger partial charge in [-0.05, 0) is 56.6 Å². The van der Waals surface area contributed by atoms with Crippen molar-refractivity contribution in [2.45, 2.75) is 0 Å². The molecular formula is C54H38N2Si. The Labute approximate surface area is 333 Å². The lowest BCUT2D eigenvalue weighted by molar-refractivity contribution is 1.13. The van der Waals surface area contributed by atoms with Crippen molar-refractivity contribution in [2.24, 2.45) is 0 Å².